The minimum Gasteiger partial charge on any atom is -0.481 e. The number of amides is 2. The van der Waals surface area contributed by atoms with Crippen molar-refractivity contribution < 1.29 is 33.1 Å². The Balaban J connectivity index is 1.46. The Morgan fingerprint density at radius 3 is 2.51 bits per heavy atom. The second-order valence-corrected chi connectivity index (χ2v) is 10.6. The molecule has 11 heteroatoms. The van der Waals surface area contributed by atoms with Gasteiger partial charge in [0, 0.05) is 37.0 Å². The Labute approximate surface area is 217 Å². The molecule has 4 rings (SSSR count). The molecule has 0 radical (unpaired) electrons. The van der Waals surface area contributed by atoms with E-state index in [4.69, 9.17) is 16.7 Å². The molecule has 1 saturated carbocycles. The van der Waals surface area contributed by atoms with Crippen LogP contribution in [-0.2, 0) is 22.6 Å². The minimum atomic E-state index is -1.12. The molecule has 37 heavy (non-hydrogen) atoms. The van der Waals surface area contributed by atoms with Crippen LogP contribution in [0.2, 0.25) is 5.02 Å². The van der Waals surface area contributed by atoms with Crippen molar-refractivity contribution >= 4 is 40.9 Å². The van der Waals surface area contributed by atoms with E-state index in [1.165, 1.54) is 6.07 Å². The van der Waals surface area contributed by atoms with Crippen molar-refractivity contribution in [3.05, 3.63) is 51.8 Å². The number of benzene rings is 1. The monoisotopic (exact) mass is 535 g/mol. The highest BCUT2D eigenvalue weighted by Gasteiger charge is 2.36. The summed E-state index contributed by atoms with van der Waals surface area (Å²) in [6, 6.07) is 2.93. The third-order valence-corrected chi connectivity index (χ3v) is 7.75. The second kappa shape index (κ2) is 10.6. The molecular weight excluding hydrogens is 508 g/mol. The summed E-state index contributed by atoms with van der Waals surface area (Å²) in [5.41, 5.74) is 0.228. The Morgan fingerprint density at radius 2 is 1.86 bits per heavy atom. The Morgan fingerprint density at radius 1 is 1.16 bits per heavy atom. The number of hydrogen-bond donors (Lipinski definition) is 3. The Kier molecular flexibility index (Phi) is 7.68. The van der Waals surface area contributed by atoms with Crippen LogP contribution in [0.15, 0.2) is 18.2 Å². The van der Waals surface area contributed by atoms with Gasteiger partial charge in [0.15, 0.2) is 11.6 Å². The highest BCUT2D eigenvalue weighted by molar-refractivity contribution is 6.48. The number of carboxylic acids is 1. The zero-order valence-electron chi connectivity index (χ0n) is 20.3. The quantitative estimate of drug-likeness (QED) is 0.337. The summed E-state index contributed by atoms with van der Waals surface area (Å²) < 4.78 is 28.4. The number of aromatic nitrogens is 1. The molecule has 0 saturated heterocycles. The van der Waals surface area contributed by atoms with E-state index < -0.39 is 35.2 Å². The molecule has 0 bridgehead atoms. The summed E-state index contributed by atoms with van der Waals surface area (Å²) >= 11 is 6.47. The lowest BCUT2D eigenvalue weighted by Gasteiger charge is -2.37. The molecule has 1 aromatic carbocycles. The van der Waals surface area contributed by atoms with Crippen LogP contribution in [0.3, 0.4) is 0 Å². The van der Waals surface area contributed by atoms with Gasteiger partial charge in [-0.25, -0.2) is 8.78 Å². The fourth-order valence-corrected chi connectivity index (χ4v) is 5.63. The molecule has 2 heterocycles. The number of nitrogens with one attached hydrogen (secondary N) is 2. The largest absolute Gasteiger partial charge is 0.481 e. The molecule has 1 aromatic heterocycles. The average molecular weight is 536 g/mol. The van der Waals surface area contributed by atoms with E-state index in [1.54, 1.807) is 4.57 Å². The van der Waals surface area contributed by atoms with Gasteiger partial charge < -0.3 is 20.3 Å². The molecule has 198 valence electrons. The van der Waals surface area contributed by atoms with Crippen LogP contribution in [0.1, 0.15) is 72.0 Å². The molecule has 0 unspecified atom stereocenters. The van der Waals surface area contributed by atoms with Gasteiger partial charge in [-0.2, -0.15) is 0 Å². The van der Waals surface area contributed by atoms with Gasteiger partial charge in [-0.3, -0.25) is 19.2 Å². The van der Waals surface area contributed by atoms with Gasteiger partial charge in [-0.05, 0) is 62.0 Å². The number of hydrogen-bond acceptors (Lipinski definition) is 4. The second-order valence-electron chi connectivity index (χ2n) is 10.2. The molecule has 3 N–H and O–H groups in total. The van der Waals surface area contributed by atoms with Crippen molar-refractivity contribution in [1.29, 1.82) is 0 Å². The Hall–Kier alpha value is -3.27. The molecule has 2 amide bonds. The molecule has 1 aliphatic heterocycles. The van der Waals surface area contributed by atoms with Gasteiger partial charge in [0.25, 0.3) is 17.6 Å². The maximum absolute atomic E-state index is 13.6. The van der Waals surface area contributed by atoms with Crippen molar-refractivity contribution in [2.45, 2.75) is 58.4 Å². The summed E-state index contributed by atoms with van der Waals surface area (Å²) in [4.78, 5) is 49.9. The lowest BCUT2D eigenvalue weighted by Crippen LogP contribution is -2.41. The standard InChI is InChI=1S/C26H28ClF2N3O5/c1-26(8-6-14(7-9-26)11-19(33)34)13-30-25(37)23(35)22-21(27)20(18-3-2-10-32(18)22)24(36)31-15-4-5-16(28)17(29)12-15/h4-5,12,14H,2-3,6-11,13H2,1H3,(H,30,37)(H,31,36)(H,33,34). The maximum Gasteiger partial charge on any atom is 0.303 e. The third-order valence-electron chi connectivity index (χ3n) is 7.38. The van der Waals surface area contributed by atoms with E-state index in [1.807, 2.05) is 6.92 Å². The first-order valence-corrected chi connectivity index (χ1v) is 12.6. The number of rotatable bonds is 8. The van der Waals surface area contributed by atoms with E-state index >= 15 is 0 Å². The molecule has 8 nitrogen and oxygen atoms in total. The highest BCUT2D eigenvalue weighted by atomic mass is 35.5. The summed E-state index contributed by atoms with van der Waals surface area (Å²) in [7, 11) is 0. The summed E-state index contributed by atoms with van der Waals surface area (Å²) in [5.74, 6) is -5.27. The van der Waals surface area contributed by atoms with E-state index in [2.05, 4.69) is 10.6 Å². The summed E-state index contributed by atoms with van der Waals surface area (Å²) in [5, 5.41) is 14.0. The van der Waals surface area contributed by atoms with Crippen molar-refractivity contribution in [3.63, 3.8) is 0 Å². The van der Waals surface area contributed by atoms with E-state index in [0.29, 0.717) is 25.1 Å². The minimum absolute atomic E-state index is 0.0230. The van der Waals surface area contributed by atoms with Crippen molar-refractivity contribution in [1.82, 2.24) is 9.88 Å². The first-order valence-electron chi connectivity index (χ1n) is 12.2. The van der Waals surface area contributed by atoms with E-state index in [-0.39, 0.29) is 46.3 Å². The third kappa shape index (κ3) is 5.69. The molecule has 2 aliphatic rings. The lowest BCUT2D eigenvalue weighted by molar-refractivity contribution is -0.138. The average Bonchev–Trinajstić information content (AvgIpc) is 3.40. The number of anilines is 1. The van der Waals surface area contributed by atoms with Crippen LogP contribution < -0.4 is 10.6 Å². The number of carbonyl (C=O) groups excluding carboxylic acids is 3. The van der Waals surface area contributed by atoms with Gasteiger partial charge in [-0.1, -0.05) is 18.5 Å². The fraction of sp³-hybridized carbons (Fsp3) is 0.462. The van der Waals surface area contributed by atoms with E-state index in [9.17, 15) is 28.0 Å². The molecule has 1 aliphatic carbocycles. The van der Waals surface area contributed by atoms with E-state index in [0.717, 1.165) is 37.8 Å². The van der Waals surface area contributed by atoms with Crippen LogP contribution in [0.25, 0.3) is 0 Å². The predicted molar refractivity (Wildman–Crippen MR) is 132 cm³/mol. The number of carbonyl (C=O) groups is 4. The van der Waals surface area contributed by atoms with Crippen LogP contribution in [0.4, 0.5) is 14.5 Å². The molecule has 1 fully saturated rings. The first kappa shape index (κ1) is 26.8. The number of aliphatic carboxylic acids is 1. The van der Waals surface area contributed by atoms with Crippen molar-refractivity contribution in [3.8, 4) is 0 Å². The maximum atomic E-state index is 13.6. The zero-order chi connectivity index (χ0) is 26.9. The predicted octanol–water partition coefficient (Wildman–Crippen LogP) is 4.59. The van der Waals surface area contributed by atoms with Gasteiger partial charge in [0.05, 0.1) is 10.6 Å². The van der Waals surface area contributed by atoms with Crippen LogP contribution in [-0.4, -0.2) is 39.8 Å². The fourth-order valence-electron chi connectivity index (χ4n) is 5.25. The smallest absolute Gasteiger partial charge is 0.303 e. The van der Waals surface area contributed by atoms with Crippen molar-refractivity contribution in [2.24, 2.45) is 11.3 Å². The molecule has 0 spiro atoms. The van der Waals surface area contributed by atoms with Gasteiger partial charge in [-0.15, -0.1) is 0 Å². The zero-order valence-corrected chi connectivity index (χ0v) is 21.1. The normalized spacial score (nSPS) is 20.8. The number of ketones is 1. The van der Waals surface area contributed by atoms with Crippen LogP contribution in [0, 0.1) is 23.0 Å². The van der Waals surface area contributed by atoms with Crippen molar-refractivity contribution in [2.75, 3.05) is 11.9 Å². The van der Waals surface area contributed by atoms with Gasteiger partial charge in [0.2, 0.25) is 0 Å². The van der Waals surface area contributed by atoms with Gasteiger partial charge in [0.1, 0.15) is 5.69 Å². The molecule has 2 aromatic rings. The van der Waals surface area contributed by atoms with Crippen LogP contribution in [0.5, 0.6) is 0 Å². The topological polar surface area (TPSA) is 117 Å². The number of carboxylic acid groups (broad SMARTS) is 1. The van der Waals surface area contributed by atoms with Gasteiger partial charge >= 0.3 is 5.97 Å². The first-order chi connectivity index (χ1) is 17.5. The Bertz CT molecular complexity index is 1270. The lowest BCUT2D eigenvalue weighted by atomic mass is 9.71. The summed E-state index contributed by atoms with van der Waals surface area (Å²) in [6.45, 7) is 2.66. The number of nitrogens with zero attached hydrogens (tertiary/aromatic N) is 1. The molecule has 0 atom stereocenters. The SMILES string of the molecule is CC1(CNC(=O)C(=O)c2c(Cl)c(C(=O)Nc3ccc(F)c(F)c3)c3n2CCC3)CCC(CC(=O)O)CC1. The number of fused-ring (bicyclic) bond motifs is 1. The summed E-state index contributed by atoms with van der Waals surface area (Å²) in [6.07, 6.45) is 4.18. The van der Waals surface area contributed by atoms with Crippen LogP contribution >= 0.6 is 11.6 Å². The number of Topliss-reactive ketones (excluding diaryl/α,β-unsaturated/α-hetero) is 1. The highest BCUT2D eigenvalue weighted by Crippen LogP contribution is 2.39. The molecular formula is C26H28ClF2N3O5. The number of halogens is 3.